The maximum atomic E-state index is 6.41. The topological polar surface area (TPSA) is 38.9 Å². The fourth-order valence-corrected chi connectivity index (χ4v) is 6.83. The second-order valence-corrected chi connectivity index (χ2v) is 16.8. The number of aryl methyl sites for hydroxylation is 1. The Balaban J connectivity index is 0.000000243. The van der Waals surface area contributed by atoms with Crippen molar-refractivity contribution in [2.45, 2.75) is 59.7 Å². The molecular formula is C37H38IrN2OSi-2. The van der Waals surface area contributed by atoms with Gasteiger partial charge in [-0.15, -0.1) is 53.2 Å². The van der Waals surface area contributed by atoms with Gasteiger partial charge >= 0.3 is 0 Å². The Morgan fingerprint density at radius 3 is 2.33 bits per heavy atom. The quantitative estimate of drug-likeness (QED) is 0.130. The summed E-state index contributed by atoms with van der Waals surface area (Å²) >= 11 is 0. The van der Waals surface area contributed by atoms with E-state index < -0.39 is 8.07 Å². The van der Waals surface area contributed by atoms with E-state index in [0.717, 1.165) is 40.1 Å². The zero-order valence-electron chi connectivity index (χ0n) is 25.5. The van der Waals surface area contributed by atoms with Gasteiger partial charge in [0, 0.05) is 46.0 Å². The maximum Gasteiger partial charge on any atom is 0.120 e. The zero-order chi connectivity index (χ0) is 29.1. The molecule has 6 rings (SSSR count). The normalized spacial score (nSPS) is 12.0. The van der Waals surface area contributed by atoms with E-state index in [-0.39, 0.29) is 20.1 Å². The van der Waals surface area contributed by atoms with E-state index in [1.165, 1.54) is 32.6 Å². The molecule has 3 aromatic heterocycles. The number of rotatable bonds is 5. The number of furan rings is 1. The average Bonchev–Trinajstić information content (AvgIpc) is 3.36. The molecule has 0 saturated heterocycles. The van der Waals surface area contributed by atoms with Crippen LogP contribution in [0.1, 0.15) is 42.9 Å². The van der Waals surface area contributed by atoms with Crippen LogP contribution in [0, 0.1) is 26.0 Å². The molecule has 0 saturated carbocycles. The molecule has 1 atom stereocenters. The van der Waals surface area contributed by atoms with Crippen molar-refractivity contribution in [3.8, 4) is 22.5 Å². The first kappa shape index (κ1) is 31.6. The summed E-state index contributed by atoms with van der Waals surface area (Å²) in [4.78, 5) is 9.04. The van der Waals surface area contributed by atoms with Gasteiger partial charge in [-0.2, -0.15) is 0 Å². The van der Waals surface area contributed by atoms with Gasteiger partial charge in [-0.05, 0) is 61.3 Å². The molecule has 0 aliphatic carbocycles. The van der Waals surface area contributed by atoms with Crippen LogP contribution < -0.4 is 5.19 Å². The summed E-state index contributed by atoms with van der Waals surface area (Å²) in [6.07, 6.45) is 4.87. The molecule has 0 spiro atoms. The summed E-state index contributed by atoms with van der Waals surface area (Å²) in [6.45, 7) is 15.9. The van der Waals surface area contributed by atoms with Crippen LogP contribution in [0.15, 0.2) is 89.6 Å². The van der Waals surface area contributed by atoms with E-state index in [4.69, 9.17) is 9.40 Å². The van der Waals surface area contributed by atoms with Gasteiger partial charge in [0.15, 0.2) is 0 Å². The predicted molar refractivity (Wildman–Crippen MR) is 175 cm³/mol. The van der Waals surface area contributed by atoms with Crippen molar-refractivity contribution in [3.05, 3.63) is 114 Å². The van der Waals surface area contributed by atoms with Crippen LogP contribution in [0.4, 0.5) is 0 Å². The number of aromatic nitrogens is 2. The third-order valence-corrected chi connectivity index (χ3v) is 9.80. The maximum absolute atomic E-state index is 6.41. The Kier molecular flexibility index (Phi) is 9.99. The molecule has 0 fully saturated rings. The zero-order valence-corrected chi connectivity index (χ0v) is 28.9. The smallest absolute Gasteiger partial charge is 0.120 e. The van der Waals surface area contributed by atoms with E-state index in [2.05, 4.69) is 101 Å². The van der Waals surface area contributed by atoms with Gasteiger partial charge in [-0.3, -0.25) is 0 Å². The van der Waals surface area contributed by atoms with Crippen molar-refractivity contribution in [1.29, 1.82) is 0 Å². The molecule has 1 unspecified atom stereocenters. The molecule has 0 aliphatic heterocycles. The number of pyridine rings is 2. The monoisotopic (exact) mass is 747 g/mol. The SMILES string of the molecule is CCC(C)c1ccnc(-c2[c-]cc([Si](C)(C)C)c3c2oc2ccccc23)c1C.Cc1ccnc(-c2[c-]cccc2)c1.[Ir]. The predicted octanol–water partition coefficient (Wildman–Crippen LogP) is 9.67. The van der Waals surface area contributed by atoms with Crippen LogP contribution in [0.2, 0.25) is 19.6 Å². The Morgan fingerprint density at radius 1 is 0.905 bits per heavy atom. The number of para-hydroxylation sites is 1. The molecule has 6 aromatic rings. The molecule has 1 radical (unpaired) electrons. The van der Waals surface area contributed by atoms with Crippen molar-refractivity contribution in [3.63, 3.8) is 0 Å². The minimum absolute atomic E-state index is 0. The summed E-state index contributed by atoms with van der Waals surface area (Å²) in [6, 6.07) is 31.3. The summed E-state index contributed by atoms with van der Waals surface area (Å²) in [5.41, 5.74) is 9.69. The average molecular weight is 747 g/mol. The molecule has 0 bridgehead atoms. The summed E-state index contributed by atoms with van der Waals surface area (Å²) in [5, 5.41) is 3.84. The van der Waals surface area contributed by atoms with Crippen LogP contribution in [-0.2, 0) is 20.1 Å². The molecule has 0 amide bonds. The summed E-state index contributed by atoms with van der Waals surface area (Å²) in [5.74, 6) is 0.508. The van der Waals surface area contributed by atoms with E-state index in [0.29, 0.717) is 5.92 Å². The van der Waals surface area contributed by atoms with Crippen molar-refractivity contribution in [2.75, 3.05) is 0 Å². The first-order valence-electron chi connectivity index (χ1n) is 14.4. The van der Waals surface area contributed by atoms with E-state index in [1.54, 1.807) is 0 Å². The van der Waals surface area contributed by atoms with Crippen molar-refractivity contribution in [1.82, 2.24) is 9.97 Å². The van der Waals surface area contributed by atoms with E-state index in [9.17, 15) is 0 Å². The van der Waals surface area contributed by atoms with Crippen LogP contribution in [0.3, 0.4) is 0 Å². The largest absolute Gasteiger partial charge is 0.501 e. The second-order valence-electron chi connectivity index (χ2n) is 11.8. The number of fused-ring (bicyclic) bond motifs is 3. The Morgan fingerprint density at radius 2 is 1.64 bits per heavy atom. The molecule has 3 aromatic carbocycles. The molecule has 0 N–H and O–H groups in total. The van der Waals surface area contributed by atoms with Gasteiger partial charge in [-0.1, -0.05) is 79.8 Å². The van der Waals surface area contributed by atoms with Crippen molar-refractivity contribution in [2.24, 2.45) is 0 Å². The fraction of sp³-hybridized carbons (Fsp3) is 0.243. The molecular weight excluding hydrogens is 709 g/mol. The van der Waals surface area contributed by atoms with Crippen LogP contribution in [0.5, 0.6) is 0 Å². The minimum atomic E-state index is -1.56. The molecule has 0 aliphatic rings. The van der Waals surface area contributed by atoms with Crippen LogP contribution in [-0.4, -0.2) is 18.0 Å². The first-order chi connectivity index (χ1) is 19.7. The van der Waals surface area contributed by atoms with Crippen molar-refractivity contribution < 1.29 is 24.5 Å². The summed E-state index contributed by atoms with van der Waals surface area (Å²) in [7, 11) is -1.56. The Hall–Kier alpha value is -3.37. The number of nitrogens with zero attached hydrogens (tertiary/aromatic N) is 2. The Labute approximate surface area is 264 Å². The van der Waals surface area contributed by atoms with Gasteiger partial charge in [0.25, 0.3) is 0 Å². The third-order valence-electron chi connectivity index (χ3n) is 7.79. The second kappa shape index (κ2) is 13.3. The van der Waals surface area contributed by atoms with Gasteiger partial charge < -0.3 is 14.4 Å². The number of hydrogen-bond acceptors (Lipinski definition) is 3. The molecule has 3 heterocycles. The van der Waals surface area contributed by atoms with Gasteiger partial charge in [0.1, 0.15) is 5.58 Å². The molecule has 5 heteroatoms. The standard InChI is InChI=1S/C25H28NOSi.C12H10N.Ir/c1-7-16(2)18-14-15-26-24(17(18)3)20-12-13-22(28(4,5)6)23-19-10-8-9-11-21(19)27-25(20)23;1-10-7-8-13-12(9-10)11-5-3-2-4-6-11;/h8-11,13-16H,7H2,1-6H3;2-5,7-9H,1H3;/q2*-1;. The van der Waals surface area contributed by atoms with Gasteiger partial charge in [-0.25, -0.2) is 0 Å². The van der Waals surface area contributed by atoms with Gasteiger partial charge in [0.2, 0.25) is 0 Å². The third kappa shape index (κ3) is 6.49. The molecule has 3 nitrogen and oxygen atoms in total. The van der Waals surface area contributed by atoms with Crippen LogP contribution >= 0.6 is 0 Å². The number of benzene rings is 3. The van der Waals surface area contributed by atoms with Crippen LogP contribution in [0.25, 0.3) is 44.5 Å². The number of hydrogen-bond donors (Lipinski definition) is 0. The van der Waals surface area contributed by atoms with Gasteiger partial charge in [0.05, 0.1) is 5.58 Å². The van der Waals surface area contributed by atoms with E-state index >= 15 is 0 Å². The van der Waals surface area contributed by atoms with Crippen molar-refractivity contribution >= 4 is 35.2 Å². The Bertz CT molecular complexity index is 1800. The summed E-state index contributed by atoms with van der Waals surface area (Å²) < 4.78 is 6.41. The fourth-order valence-electron chi connectivity index (χ4n) is 5.33. The molecule has 42 heavy (non-hydrogen) atoms. The van der Waals surface area contributed by atoms with E-state index in [1.807, 2.05) is 48.8 Å². The molecule has 217 valence electrons. The minimum Gasteiger partial charge on any atom is -0.501 e. The first-order valence-corrected chi connectivity index (χ1v) is 17.9.